The van der Waals surface area contributed by atoms with Crippen LogP contribution in [0, 0.1) is 5.82 Å². The van der Waals surface area contributed by atoms with Crippen LogP contribution in [0.25, 0.3) is 11.1 Å². The van der Waals surface area contributed by atoms with E-state index in [9.17, 15) is 9.18 Å². The van der Waals surface area contributed by atoms with Gasteiger partial charge in [0.2, 0.25) is 5.95 Å². The number of nitrogens with zero attached hydrogens (tertiary/aromatic N) is 3. The van der Waals surface area contributed by atoms with E-state index in [1.807, 2.05) is 48.5 Å². The molecule has 1 amide bonds. The van der Waals surface area contributed by atoms with Gasteiger partial charge in [-0.2, -0.15) is 0 Å². The Kier molecular flexibility index (Phi) is 5.99. The molecular weight excluding hydrogens is 429 g/mol. The zero-order chi connectivity index (χ0) is 23.4. The van der Waals surface area contributed by atoms with Crippen molar-refractivity contribution in [2.45, 2.75) is 24.7 Å². The maximum atomic E-state index is 14.3. The summed E-state index contributed by atoms with van der Waals surface area (Å²) in [6, 6.07) is 19.7. The zero-order valence-electron chi connectivity index (χ0n) is 18.5. The lowest BCUT2D eigenvalue weighted by Gasteiger charge is -2.41. The summed E-state index contributed by atoms with van der Waals surface area (Å²) in [4.78, 5) is 25.8. The van der Waals surface area contributed by atoms with Crippen LogP contribution in [0.3, 0.4) is 0 Å². The van der Waals surface area contributed by atoms with Gasteiger partial charge in [0, 0.05) is 47.4 Å². The summed E-state index contributed by atoms with van der Waals surface area (Å²) < 4.78 is 14.3. The molecule has 1 aliphatic rings. The Morgan fingerprint density at radius 1 is 0.912 bits per heavy atom. The monoisotopic (exact) mass is 453 g/mol. The van der Waals surface area contributed by atoms with Gasteiger partial charge in [-0.25, -0.2) is 14.4 Å². The first kappa shape index (κ1) is 21.7. The van der Waals surface area contributed by atoms with Gasteiger partial charge in [0.25, 0.3) is 5.91 Å². The molecule has 1 aliphatic carbocycles. The molecule has 0 radical (unpaired) electrons. The highest BCUT2D eigenvalue weighted by Gasteiger charge is 2.41. The maximum Gasteiger partial charge on any atom is 0.255 e. The van der Waals surface area contributed by atoms with E-state index in [-0.39, 0.29) is 17.1 Å². The van der Waals surface area contributed by atoms with Crippen LogP contribution >= 0.6 is 0 Å². The molecule has 2 aromatic carbocycles. The smallest absolute Gasteiger partial charge is 0.255 e. The number of aromatic nitrogens is 3. The quantitative estimate of drug-likeness (QED) is 0.388. The van der Waals surface area contributed by atoms with Crippen LogP contribution in [0.1, 0.15) is 35.3 Å². The van der Waals surface area contributed by atoms with Crippen molar-refractivity contribution in [1.82, 2.24) is 15.0 Å². The molecule has 7 heteroatoms. The fourth-order valence-corrected chi connectivity index (χ4v) is 4.26. The molecule has 1 fully saturated rings. The highest BCUT2D eigenvalue weighted by Crippen LogP contribution is 2.43. The topological polar surface area (TPSA) is 79.8 Å². The standard InChI is InChI=1S/C27H24FN5O/c28-23-11-5-14-29-24(23)27(12-6-13-27)18-32-26-30-16-21(17-31-26)19-7-4-8-20(15-19)25(34)33-22-9-2-1-3-10-22/h1-5,7-11,14-17H,6,12-13,18H2,(H,33,34)(H,30,31,32). The van der Waals surface area contributed by atoms with Gasteiger partial charge in [0.05, 0.1) is 5.69 Å². The second kappa shape index (κ2) is 9.39. The van der Waals surface area contributed by atoms with Crippen molar-refractivity contribution >= 4 is 17.5 Å². The van der Waals surface area contributed by atoms with Gasteiger partial charge in [-0.1, -0.05) is 36.8 Å². The molecule has 0 bridgehead atoms. The van der Waals surface area contributed by atoms with Gasteiger partial charge in [0.1, 0.15) is 5.82 Å². The average molecular weight is 454 g/mol. The summed E-state index contributed by atoms with van der Waals surface area (Å²) in [7, 11) is 0. The van der Waals surface area contributed by atoms with E-state index in [1.54, 1.807) is 30.7 Å². The number of carbonyl (C=O) groups excluding carboxylic acids is 1. The second-order valence-corrected chi connectivity index (χ2v) is 8.52. The third kappa shape index (κ3) is 4.50. The predicted octanol–water partition coefficient (Wildman–Crippen LogP) is 5.46. The fourth-order valence-electron chi connectivity index (χ4n) is 4.26. The van der Waals surface area contributed by atoms with Crippen LogP contribution < -0.4 is 10.6 Å². The van der Waals surface area contributed by atoms with Crippen LogP contribution in [0.5, 0.6) is 0 Å². The number of anilines is 2. The van der Waals surface area contributed by atoms with E-state index in [0.29, 0.717) is 23.8 Å². The highest BCUT2D eigenvalue weighted by atomic mass is 19.1. The molecule has 6 nitrogen and oxygen atoms in total. The molecule has 2 aromatic heterocycles. The third-order valence-electron chi connectivity index (χ3n) is 6.30. The van der Waals surface area contributed by atoms with Crippen molar-refractivity contribution in [1.29, 1.82) is 0 Å². The average Bonchev–Trinajstić information content (AvgIpc) is 2.85. The molecule has 170 valence electrons. The number of hydrogen-bond acceptors (Lipinski definition) is 5. The summed E-state index contributed by atoms with van der Waals surface area (Å²) in [6.45, 7) is 0.523. The summed E-state index contributed by atoms with van der Waals surface area (Å²) >= 11 is 0. The lowest BCUT2D eigenvalue weighted by atomic mass is 9.66. The van der Waals surface area contributed by atoms with Crippen LogP contribution in [-0.2, 0) is 5.41 Å². The largest absolute Gasteiger partial charge is 0.353 e. The summed E-state index contributed by atoms with van der Waals surface area (Å²) in [6.07, 6.45) is 7.88. The molecule has 34 heavy (non-hydrogen) atoms. The Labute approximate surface area is 197 Å². The molecule has 5 rings (SSSR count). The first-order chi connectivity index (χ1) is 16.6. The minimum Gasteiger partial charge on any atom is -0.353 e. The molecular formula is C27H24FN5O. The first-order valence-electron chi connectivity index (χ1n) is 11.3. The first-order valence-corrected chi connectivity index (χ1v) is 11.3. The molecule has 0 saturated heterocycles. The number of pyridine rings is 1. The maximum absolute atomic E-state index is 14.3. The van der Waals surface area contributed by atoms with Crippen molar-refractivity contribution < 1.29 is 9.18 Å². The fraction of sp³-hybridized carbons (Fsp3) is 0.185. The van der Waals surface area contributed by atoms with E-state index in [4.69, 9.17) is 0 Å². The van der Waals surface area contributed by atoms with Crippen LogP contribution in [0.2, 0.25) is 0 Å². The van der Waals surface area contributed by atoms with E-state index in [2.05, 4.69) is 25.6 Å². The number of amides is 1. The Balaban J connectivity index is 1.27. The van der Waals surface area contributed by atoms with Gasteiger partial charge < -0.3 is 10.6 Å². The van der Waals surface area contributed by atoms with Gasteiger partial charge in [-0.3, -0.25) is 9.78 Å². The predicted molar refractivity (Wildman–Crippen MR) is 130 cm³/mol. The molecule has 0 atom stereocenters. The lowest BCUT2D eigenvalue weighted by Crippen LogP contribution is -2.42. The Morgan fingerprint density at radius 2 is 1.71 bits per heavy atom. The zero-order valence-corrected chi connectivity index (χ0v) is 18.5. The van der Waals surface area contributed by atoms with Crippen molar-refractivity contribution in [3.63, 3.8) is 0 Å². The number of rotatable bonds is 7. The Hall–Kier alpha value is -4.13. The molecule has 1 saturated carbocycles. The van der Waals surface area contributed by atoms with Crippen LogP contribution in [0.15, 0.2) is 85.3 Å². The Bertz CT molecular complexity index is 1290. The second-order valence-electron chi connectivity index (χ2n) is 8.52. The molecule has 2 heterocycles. The van der Waals surface area contributed by atoms with Crippen molar-refractivity contribution in [3.8, 4) is 11.1 Å². The van der Waals surface area contributed by atoms with E-state index in [0.717, 1.165) is 36.1 Å². The van der Waals surface area contributed by atoms with E-state index < -0.39 is 0 Å². The SMILES string of the molecule is O=C(Nc1ccccc1)c1cccc(-c2cnc(NCC3(c4ncccc4F)CCC3)nc2)c1. The van der Waals surface area contributed by atoms with E-state index in [1.165, 1.54) is 6.07 Å². The molecule has 0 aliphatic heterocycles. The summed E-state index contributed by atoms with van der Waals surface area (Å²) in [5.74, 6) is 0.0283. The summed E-state index contributed by atoms with van der Waals surface area (Å²) in [5, 5.41) is 6.15. The molecule has 0 unspecified atom stereocenters. The number of halogens is 1. The van der Waals surface area contributed by atoms with Gasteiger partial charge >= 0.3 is 0 Å². The number of para-hydroxylation sites is 1. The molecule has 2 N–H and O–H groups in total. The minimum absolute atomic E-state index is 0.181. The van der Waals surface area contributed by atoms with Gasteiger partial charge in [0.15, 0.2) is 0 Å². The minimum atomic E-state index is -0.326. The van der Waals surface area contributed by atoms with Crippen molar-refractivity contribution in [2.24, 2.45) is 0 Å². The van der Waals surface area contributed by atoms with Crippen LogP contribution in [-0.4, -0.2) is 27.4 Å². The van der Waals surface area contributed by atoms with Crippen molar-refractivity contribution in [2.75, 3.05) is 17.2 Å². The van der Waals surface area contributed by atoms with Crippen LogP contribution in [0.4, 0.5) is 16.0 Å². The van der Waals surface area contributed by atoms with Crippen molar-refractivity contribution in [3.05, 3.63) is 102 Å². The van der Waals surface area contributed by atoms with Gasteiger partial charge in [-0.15, -0.1) is 0 Å². The van der Waals surface area contributed by atoms with E-state index >= 15 is 0 Å². The number of hydrogen-bond donors (Lipinski definition) is 2. The number of nitrogens with one attached hydrogen (secondary N) is 2. The molecule has 4 aromatic rings. The number of carbonyl (C=O) groups is 1. The lowest BCUT2D eigenvalue weighted by molar-refractivity contribution is 0.102. The number of benzene rings is 2. The summed E-state index contributed by atoms with van der Waals surface area (Å²) in [5.41, 5.74) is 3.12. The molecule has 0 spiro atoms. The Morgan fingerprint density at radius 3 is 2.41 bits per heavy atom. The highest BCUT2D eigenvalue weighted by molar-refractivity contribution is 6.04. The normalized spacial score (nSPS) is 14.1. The third-order valence-corrected chi connectivity index (χ3v) is 6.30. The van der Waals surface area contributed by atoms with Gasteiger partial charge in [-0.05, 0) is 54.8 Å².